The highest BCUT2D eigenvalue weighted by atomic mass is 19.1. The van der Waals surface area contributed by atoms with Crippen LogP contribution in [0.2, 0.25) is 0 Å². The molecule has 1 aromatic heterocycles. The molecule has 0 amide bonds. The van der Waals surface area contributed by atoms with E-state index >= 15 is 0 Å². The zero-order valence-electron chi connectivity index (χ0n) is 10.1. The second-order valence-corrected chi connectivity index (χ2v) is 5.27. The van der Waals surface area contributed by atoms with E-state index in [9.17, 15) is 14.6 Å². The van der Waals surface area contributed by atoms with Crippen LogP contribution in [0, 0.1) is 17.7 Å². The van der Waals surface area contributed by atoms with Crippen molar-refractivity contribution >= 4 is 5.82 Å². The Morgan fingerprint density at radius 3 is 2.94 bits per heavy atom. The van der Waals surface area contributed by atoms with Crippen molar-refractivity contribution in [2.45, 2.75) is 25.6 Å². The quantitative estimate of drug-likeness (QED) is 0.822. The highest BCUT2D eigenvalue weighted by molar-refractivity contribution is 5.48. The van der Waals surface area contributed by atoms with Gasteiger partial charge in [0.15, 0.2) is 0 Å². The number of halogens is 1. The number of aliphatic hydroxyl groups excluding tert-OH is 2. The zero-order valence-corrected chi connectivity index (χ0v) is 10.1. The molecule has 98 valence electrons. The Hall–Kier alpha value is -1.20. The number of pyridine rings is 1. The first-order valence-corrected chi connectivity index (χ1v) is 6.37. The molecule has 0 aromatic carbocycles. The standard InChI is InChI=1S/C13H17FN2O2/c14-10-3-9(7-17)13(15-4-10)16-5-8-1-2-12(18)11(8)6-16/h3-4,8,11-12,17-18H,1-2,5-7H2. The molecular weight excluding hydrogens is 235 g/mol. The summed E-state index contributed by atoms with van der Waals surface area (Å²) < 4.78 is 13.1. The highest BCUT2D eigenvalue weighted by Crippen LogP contribution is 2.40. The minimum atomic E-state index is -0.428. The second-order valence-electron chi connectivity index (χ2n) is 5.27. The van der Waals surface area contributed by atoms with E-state index in [0.717, 1.165) is 25.9 Å². The van der Waals surface area contributed by atoms with Crippen LogP contribution in [-0.4, -0.2) is 34.4 Å². The molecule has 4 nitrogen and oxygen atoms in total. The third kappa shape index (κ3) is 1.87. The summed E-state index contributed by atoms with van der Waals surface area (Å²) in [6.07, 6.45) is 2.88. The average molecular weight is 252 g/mol. The molecule has 2 heterocycles. The van der Waals surface area contributed by atoms with Gasteiger partial charge in [0, 0.05) is 24.6 Å². The fraction of sp³-hybridized carbons (Fsp3) is 0.615. The molecule has 1 saturated heterocycles. The summed E-state index contributed by atoms with van der Waals surface area (Å²) in [4.78, 5) is 6.15. The number of aliphatic hydroxyl groups is 2. The van der Waals surface area contributed by atoms with Gasteiger partial charge >= 0.3 is 0 Å². The van der Waals surface area contributed by atoms with Crippen molar-refractivity contribution in [2.75, 3.05) is 18.0 Å². The molecule has 0 spiro atoms. The van der Waals surface area contributed by atoms with Gasteiger partial charge < -0.3 is 15.1 Å². The fourth-order valence-corrected chi connectivity index (χ4v) is 3.28. The normalized spacial score (nSPS) is 30.8. The van der Waals surface area contributed by atoms with Crippen LogP contribution >= 0.6 is 0 Å². The fourth-order valence-electron chi connectivity index (χ4n) is 3.28. The van der Waals surface area contributed by atoms with Crippen molar-refractivity contribution in [3.05, 3.63) is 23.6 Å². The van der Waals surface area contributed by atoms with Crippen LogP contribution in [0.1, 0.15) is 18.4 Å². The molecular formula is C13H17FN2O2. The summed E-state index contributed by atoms with van der Waals surface area (Å²) >= 11 is 0. The van der Waals surface area contributed by atoms with Crippen LogP contribution in [0.25, 0.3) is 0 Å². The van der Waals surface area contributed by atoms with E-state index in [2.05, 4.69) is 9.88 Å². The molecule has 3 rings (SSSR count). The lowest BCUT2D eigenvalue weighted by Crippen LogP contribution is -2.26. The van der Waals surface area contributed by atoms with Crippen molar-refractivity contribution in [3.8, 4) is 0 Å². The van der Waals surface area contributed by atoms with Gasteiger partial charge in [0.1, 0.15) is 11.6 Å². The van der Waals surface area contributed by atoms with Gasteiger partial charge in [-0.15, -0.1) is 0 Å². The molecule has 3 atom stereocenters. The van der Waals surface area contributed by atoms with E-state index in [4.69, 9.17) is 0 Å². The molecule has 0 radical (unpaired) electrons. The smallest absolute Gasteiger partial charge is 0.142 e. The third-order valence-electron chi connectivity index (χ3n) is 4.20. The molecule has 2 aliphatic rings. The molecule has 1 aliphatic carbocycles. The number of anilines is 1. The topological polar surface area (TPSA) is 56.6 Å². The van der Waals surface area contributed by atoms with E-state index in [-0.39, 0.29) is 12.7 Å². The van der Waals surface area contributed by atoms with Gasteiger partial charge in [-0.25, -0.2) is 9.37 Å². The molecule has 1 saturated carbocycles. The van der Waals surface area contributed by atoms with Crippen molar-refractivity contribution in [3.63, 3.8) is 0 Å². The van der Waals surface area contributed by atoms with Crippen LogP contribution in [0.5, 0.6) is 0 Å². The molecule has 2 N–H and O–H groups in total. The van der Waals surface area contributed by atoms with E-state index < -0.39 is 5.82 Å². The molecule has 0 bridgehead atoms. The van der Waals surface area contributed by atoms with Gasteiger partial charge in [0.2, 0.25) is 0 Å². The lowest BCUT2D eigenvalue weighted by Gasteiger charge is -2.21. The summed E-state index contributed by atoms with van der Waals surface area (Å²) in [7, 11) is 0. The van der Waals surface area contributed by atoms with Gasteiger partial charge in [-0.05, 0) is 24.8 Å². The Balaban J connectivity index is 1.84. The summed E-state index contributed by atoms with van der Waals surface area (Å²) in [5.41, 5.74) is 0.518. The summed E-state index contributed by atoms with van der Waals surface area (Å²) in [5, 5.41) is 19.2. The maximum atomic E-state index is 13.1. The number of fused-ring (bicyclic) bond motifs is 1. The first-order chi connectivity index (χ1) is 8.69. The van der Waals surface area contributed by atoms with Gasteiger partial charge in [-0.3, -0.25) is 0 Å². The number of hydrogen-bond acceptors (Lipinski definition) is 4. The predicted octanol–water partition coefficient (Wildman–Crippen LogP) is 0.920. The largest absolute Gasteiger partial charge is 0.393 e. The summed E-state index contributed by atoms with van der Waals surface area (Å²) in [6.45, 7) is 1.37. The van der Waals surface area contributed by atoms with Crippen molar-refractivity contribution in [2.24, 2.45) is 11.8 Å². The molecule has 1 aliphatic heterocycles. The van der Waals surface area contributed by atoms with E-state index in [1.807, 2.05) is 0 Å². The molecule has 5 heteroatoms. The monoisotopic (exact) mass is 252 g/mol. The molecule has 18 heavy (non-hydrogen) atoms. The Labute approximate surface area is 105 Å². The van der Waals surface area contributed by atoms with Crippen molar-refractivity contribution < 1.29 is 14.6 Å². The Bertz CT molecular complexity index is 455. The van der Waals surface area contributed by atoms with Gasteiger partial charge in [-0.1, -0.05) is 0 Å². The molecule has 2 fully saturated rings. The van der Waals surface area contributed by atoms with Gasteiger partial charge in [-0.2, -0.15) is 0 Å². The van der Waals surface area contributed by atoms with E-state index in [1.165, 1.54) is 12.3 Å². The SMILES string of the molecule is OCc1cc(F)cnc1N1CC2CCC(O)C2C1. The Morgan fingerprint density at radius 2 is 2.22 bits per heavy atom. The number of rotatable bonds is 2. The molecule has 1 aromatic rings. The third-order valence-corrected chi connectivity index (χ3v) is 4.20. The number of aromatic nitrogens is 1. The molecule has 3 unspecified atom stereocenters. The van der Waals surface area contributed by atoms with E-state index in [0.29, 0.717) is 23.2 Å². The average Bonchev–Trinajstić information content (AvgIpc) is 2.92. The van der Waals surface area contributed by atoms with Crippen LogP contribution < -0.4 is 4.90 Å². The first-order valence-electron chi connectivity index (χ1n) is 6.37. The lowest BCUT2D eigenvalue weighted by molar-refractivity contribution is 0.133. The summed E-state index contributed by atoms with van der Waals surface area (Å²) in [5.74, 6) is 1.02. The maximum Gasteiger partial charge on any atom is 0.142 e. The number of nitrogens with zero attached hydrogens (tertiary/aromatic N) is 2. The van der Waals surface area contributed by atoms with Crippen LogP contribution in [0.15, 0.2) is 12.3 Å². The van der Waals surface area contributed by atoms with Gasteiger partial charge in [0.05, 0.1) is 18.9 Å². The first kappa shape index (κ1) is 11.9. The second kappa shape index (κ2) is 4.48. The predicted molar refractivity (Wildman–Crippen MR) is 64.6 cm³/mol. The van der Waals surface area contributed by atoms with Crippen LogP contribution in [-0.2, 0) is 6.61 Å². The lowest BCUT2D eigenvalue weighted by atomic mass is 10.00. The van der Waals surface area contributed by atoms with Crippen molar-refractivity contribution in [1.82, 2.24) is 4.98 Å². The van der Waals surface area contributed by atoms with Crippen molar-refractivity contribution in [1.29, 1.82) is 0 Å². The summed E-state index contributed by atoms with van der Waals surface area (Å²) in [6, 6.07) is 1.33. The number of hydrogen-bond donors (Lipinski definition) is 2. The maximum absolute atomic E-state index is 13.1. The zero-order chi connectivity index (χ0) is 12.7. The minimum Gasteiger partial charge on any atom is -0.393 e. The minimum absolute atomic E-state index is 0.214. The van der Waals surface area contributed by atoms with Gasteiger partial charge in [0.25, 0.3) is 0 Å². The van der Waals surface area contributed by atoms with Crippen LogP contribution in [0.3, 0.4) is 0 Å². The van der Waals surface area contributed by atoms with E-state index in [1.54, 1.807) is 0 Å². The highest BCUT2D eigenvalue weighted by Gasteiger charge is 2.42. The Kier molecular flexibility index (Phi) is 2.95. The Morgan fingerprint density at radius 1 is 1.39 bits per heavy atom. The van der Waals surface area contributed by atoms with Crippen LogP contribution in [0.4, 0.5) is 10.2 Å².